The van der Waals surface area contributed by atoms with Crippen molar-refractivity contribution in [2.75, 3.05) is 36.9 Å². The van der Waals surface area contributed by atoms with Crippen LogP contribution in [0.15, 0.2) is 18.2 Å². The number of benzene rings is 1. The van der Waals surface area contributed by atoms with Crippen molar-refractivity contribution in [3.63, 3.8) is 0 Å². The first-order valence-corrected chi connectivity index (χ1v) is 6.29. The molecule has 3 N–H and O–H groups in total. The molecular weight excluding hydrogens is 249 g/mol. The van der Waals surface area contributed by atoms with Crippen molar-refractivity contribution in [3.8, 4) is 0 Å². The van der Waals surface area contributed by atoms with E-state index in [2.05, 4.69) is 10.6 Å². The van der Waals surface area contributed by atoms with Gasteiger partial charge in [0.2, 0.25) is 0 Å². The summed E-state index contributed by atoms with van der Waals surface area (Å²) >= 11 is 0. The number of carboxylic acid groups (broad SMARTS) is 1. The fourth-order valence-corrected chi connectivity index (χ4v) is 2.37. The molecule has 1 saturated heterocycles. The van der Waals surface area contributed by atoms with Gasteiger partial charge >= 0.3 is 6.09 Å². The Bertz CT molecular complexity index is 467. The van der Waals surface area contributed by atoms with E-state index in [1.54, 1.807) is 13.1 Å². The Hall–Kier alpha value is -1.98. The maximum atomic E-state index is 13.9. The molecule has 1 heterocycles. The van der Waals surface area contributed by atoms with Gasteiger partial charge in [-0.2, -0.15) is 0 Å². The van der Waals surface area contributed by atoms with E-state index in [-0.39, 0.29) is 11.7 Å². The number of rotatable bonds is 4. The van der Waals surface area contributed by atoms with Gasteiger partial charge in [0.1, 0.15) is 5.82 Å². The largest absolute Gasteiger partial charge is 0.465 e. The molecule has 1 atom stereocenters. The van der Waals surface area contributed by atoms with Gasteiger partial charge in [-0.1, -0.05) is 0 Å². The first-order valence-electron chi connectivity index (χ1n) is 6.29. The Kier molecular flexibility index (Phi) is 4.09. The van der Waals surface area contributed by atoms with Crippen molar-refractivity contribution in [2.24, 2.45) is 5.92 Å². The summed E-state index contributed by atoms with van der Waals surface area (Å²) in [5.74, 6) is -0.0156. The van der Waals surface area contributed by atoms with E-state index in [0.29, 0.717) is 18.8 Å². The van der Waals surface area contributed by atoms with Crippen molar-refractivity contribution >= 4 is 17.5 Å². The van der Waals surface area contributed by atoms with Gasteiger partial charge in [0.05, 0.1) is 5.69 Å². The first-order chi connectivity index (χ1) is 9.10. The smallest absolute Gasteiger partial charge is 0.404 e. The van der Waals surface area contributed by atoms with Gasteiger partial charge in [-0.05, 0) is 30.5 Å². The van der Waals surface area contributed by atoms with Crippen LogP contribution in [0.25, 0.3) is 0 Å². The number of halogens is 1. The molecule has 104 valence electrons. The zero-order valence-electron chi connectivity index (χ0n) is 10.8. The highest BCUT2D eigenvalue weighted by Crippen LogP contribution is 2.27. The Morgan fingerprint density at radius 1 is 1.58 bits per heavy atom. The van der Waals surface area contributed by atoms with Gasteiger partial charge in [-0.15, -0.1) is 0 Å². The maximum Gasteiger partial charge on any atom is 0.404 e. The topological polar surface area (TPSA) is 64.6 Å². The molecule has 0 aliphatic carbocycles. The van der Waals surface area contributed by atoms with E-state index in [0.717, 1.165) is 18.7 Å². The molecule has 5 nitrogen and oxygen atoms in total. The van der Waals surface area contributed by atoms with Crippen molar-refractivity contribution in [3.05, 3.63) is 24.0 Å². The predicted molar refractivity (Wildman–Crippen MR) is 72.3 cm³/mol. The van der Waals surface area contributed by atoms with Crippen LogP contribution < -0.4 is 15.5 Å². The average molecular weight is 267 g/mol. The summed E-state index contributed by atoms with van der Waals surface area (Å²) < 4.78 is 13.9. The van der Waals surface area contributed by atoms with Crippen LogP contribution in [0.3, 0.4) is 0 Å². The molecular formula is C13H18FN3O2. The summed E-state index contributed by atoms with van der Waals surface area (Å²) in [6.45, 7) is 1.85. The van der Waals surface area contributed by atoms with Crippen molar-refractivity contribution in [1.82, 2.24) is 5.32 Å². The molecule has 2 rings (SSSR count). The SMILES string of the molecule is CNc1ccc(N2CC[C@H](CNC(=O)O)C2)c(F)c1. The van der Waals surface area contributed by atoms with Gasteiger partial charge in [-0.3, -0.25) is 0 Å². The molecule has 1 aliphatic rings. The Labute approximate surface area is 111 Å². The Balaban J connectivity index is 1.98. The molecule has 0 aromatic heterocycles. The van der Waals surface area contributed by atoms with Crippen molar-refractivity contribution in [2.45, 2.75) is 6.42 Å². The van der Waals surface area contributed by atoms with Gasteiger partial charge in [0, 0.05) is 32.4 Å². The normalized spacial score (nSPS) is 18.4. The minimum atomic E-state index is -1.01. The fourth-order valence-electron chi connectivity index (χ4n) is 2.37. The number of carbonyl (C=O) groups is 1. The van der Waals surface area contributed by atoms with Crippen LogP contribution in [0.1, 0.15) is 6.42 Å². The zero-order valence-corrected chi connectivity index (χ0v) is 10.8. The first kappa shape index (κ1) is 13.5. The number of amides is 1. The van der Waals surface area contributed by atoms with Crippen LogP contribution in [0.4, 0.5) is 20.6 Å². The highest BCUT2D eigenvalue weighted by atomic mass is 19.1. The summed E-state index contributed by atoms with van der Waals surface area (Å²) in [7, 11) is 1.75. The molecule has 1 fully saturated rings. The third-order valence-corrected chi connectivity index (χ3v) is 3.40. The quantitative estimate of drug-likeness (QED) is 0.780. The van der Waals surface area contributed by atoms with E-state index in [1.807, 2.05) is 11.0 Å². The van der Waals surface area contributed by atoms with Crippen LogP contribution in [0, 0.1) is 11.7 Å². The number of nitrogens with zero attached hydrogens (tertiary/aromatic N) is 1. The van der Waals surface area contributed by atoms with Gasteiger partial charge in [0.15, 0.2) is 0 Å². The molecule has 1 amide bonds. The second kappa shape index (κ2) is 5.77. The van der Waals surface area contributed by atoms with Crippen molar-refractivity contribution < 1.29 is 14.3 Å². The van der Waals surface area contributed by atoms with E-state index >= 15 is 0 Å². The van der Waals surface area contributed by atoms with Crippen LogP contribution >= 0.6 is 0 Å². The molecule has 19 heavy (non-hydrogen) atoms. The summed E-state index contributed by atoms with van der Waals surface area (Å²) in [4.78, 5) is 12.4. The molecule has 0 radical (unpaired) electrons. The molecule has 6 heteroatoms. The second-order valence-electron chi connectivity index (χ2n) is 4.70. The molecule has 1 aliphatic heterocycles. The lowest BCUT2D eigenvalue weighted by Crippen LogP contribution is -2.29. The standard InChI is InChI=1S/C13H18FN3O2/c1-15-10-2-3-12(11(14)6-10)17-5-4-9(8-17)7-16-13(18)19/h2-3,6,9,15-16H,4-5,7-8H2,1H3,(H,18,19)/t9-/m1/s1. The molecule has 0 bridgehead atoms. The average Bonchev–Trinajstić information content (AvgIpc) is 2.84. The molecule has 0 spiro atoms. The zero-order chi connectivity index (χ0) is 13.8. The minimum absolute atomic E-state index is 0.236. The van der Waals surface area contributed by atoms with Crippen LogP contribution in [0.5, 0.6) is 0 Å². The molecule has 1 aromatic rings. The van der Waals surface area contributed by atoms with Crippen LogP contribution in [-0.4, -0.2) is 37.9 Å². The summed E-state index contributed by atoms with van der Waals surface area (Å²) in [6, 6.07) is 5.06. The lowest BCUT2D eigenvalue weighted by Gasteiger charge is -2.20. The summed E-state index contributed by atoms with van der Waals surface area (Å²) in [5, 5.41) is 13.8. The third kappa shape index (κ3) is 3.27. The molecule has 1 aromatic carbocycles. The summed E-state index contributed by atoms with van der Waals surface area (Å²) in [5.41, 5.74) is 1.32. The van der Waals surface area contributed by atoms with E-state index < -0.39 is 6.09 Å². The molecule has 0 saturated carbocycles. The maximum absolute atomic E-state index is 13.9. The second-order valence-corrected chi connectivity index (χ2v) is 4.70. The third-order valence-electron chi connectivity index (χ3n) is 3.40. The minimum Gasteiger partial charge on any atom is -0.465 e. The Morgan fingerprint density at radius 2 is 2.37 bits per heavy atom. The van der Waals surface area contributed by atoms with E-state index in [9.17, 15) is 9.18 Å². The molecule has 0 unspecified atom stereocenters. The lowest BCUT2D eigenvalue weighted by molar-refractivity contribution is 0.192. The van der Waals surface area contributed by atoms with Crippen molar-refractivity contribution in [1.29, 1.82) is 0 Å². The Morgan fingerprint density at radius 3 is 3.00 bits per heavy atom. The monoisotopic (exact) mass is 267 g/mol. The highest BCUT2D eigenvalue weighted by Gasteiger charge is 2.24. The number of hydrogen-bond acceptors (Lipinski definition) is 3. The van der Waals surface area contributed by atoms with Gasteiger partial charge < -0.3 is 20.6 Å². The van der Waals surface area contributed by atoms with E-state index in [4.69, 9.17) is 5.11 Å². The van der Waals surface area contributed by atoms with E-state index in [1.165, 1.54) is 6.07 Å². The number of nitrogens with one attached hydrogen (secondary N) is 2. The van der Waals surface area contributed by atoms with Crippen LogP contribution in [-0.2, 0) is 0 Å². The van der Waals surface area contributed by atoms with Gasteiger partial charge in [0.25, 0.3) is 0 Å². The predicted octanol–water partition coefficient (Wildman–Crippen LogP) is 1.96. The number of anilines is 2. The van der Waals surface area contributed by atoms with Gasteiger partial charge in [-0.25, -0.2) is 9.18 Å². The van der Waals surface area contributed by atoms with Crippen LogP contribution in [0.2, 0.25) is 0 Å². The number of hydrogen-bond donors (Lipinski definition) is 3. The lowest BCUT2D eigenvalue weighted by atomic mass is 10.1. The fraction of sp³-hybridized carbons (Fsp3) is 0.462. The highest BCUT2D eigenvalue weighted by molar-refractivity contribution is 5.64. The summed E-state index contributed by atoms with van der Waals surface area (Å²) in [6.07, 6.45) is -0.143.